The van der Waals surface area contributed by atoms with Crippen molar-refractivity contribution in [2.45, 2.75) is 26.4 Å². The zero-order chi connectivity index (χ0) is 9.14. The summed E-state index contributed by atoms with van der Waals surface area (Å²) >= 11 is 0. The van der Waals surface area contributed by atoms with Gasteiger partial charge in [0.05, 0.1) is 6.10 Å². The number of methoxy groups -OCH3 is 1. The number of carbonyl (C=O) groups is 1. The third kappa shape index (κ3) is 2.05. The van der Waals surface area contributed by atoms with Gasteiger partial charge in [-0.2, -0.15) is 0 Å². The highest BCUT2D eigenvalue weighted by Gasteiger charge is 2.21. The van der Waals surface area contributed by atoms with Crippen LogP contribution in [0.25, 0.3) is 0 Å². The van der Waals surface area contributed by atoms with Crippen LogP contribution in [-0.2, 0) is 9.53 Å². The monoisotopic (exact) mass is 166 g/mol. The second-order valence-electron chi connectivity index (χ2n) is 3.25. The van der Waals surface area contributed by atoms with Crippen molar-refractivity contribution in [3.63, 3.8) is 0 Å². The van der Waals surface area contributed by atoms with E-state index in [1.54, 1.807) is 7.11 Å². The number of Topliss-reactive ketones (excluding diaryl/α,β-unsaturated/α-hetero) is 1. The summed E-state index contributed by atoms with van der Waals surface area (Å²) in [5, 5.41) is 0. The summed E-state index contributed by atoms with van der Waals surface area (Å²) in [5.74, 6) is 0.183. The van der Waals surface area contributed by atoms with Gasteiger partial charge in [-0.1, -0.05) is 11.6 Å². The predicted octanol–water partition coefficient (Wildman–Crippen LogP) is 1.87. The van der Waals surface area contributed by atoms with Crippen molar-refractivity contribution in [1.29, 1.82) is 0 Å². The SMILES string of the molecule is COC1C=C(C=C(C)C)C(=O)C1. The average Bonchev–Trinajstić information content (AvgIpc) is 2.31. The van der Waals surface area contributed by atoms with Crippen molar-refractivity contribution in [3.8, 4) is 0 Å². The molecule has 1 aliphatic rings. The molecule has 66 valence electrons. The van der Waals surface area contributed by atoms with Crippen molar-refractivity contribution in [1.82, 2.24) is 0 Å². The van der Waals surface area contributed by atoms with Crippen LogP contribution in [0.15, 0.2) is 23.3 Å². The maximum atomic E-state index is 11.3. The van der Waals surface area contributed by atoms with Gasteiger partial charge in [-0.25, -0.2) is 0 Å². The molecule has 0 aromatic carbocycles. The first-order chi connectivity index (χ1) is 5.63. The first-order valence-corrected chi connectivity index (χ1v) is 4.06. The zero-order valence-electron chi connectivity index (χ0n) is 7.76. The first-order valence-electron chi connectivity index (χ1n) is 4.06. The van der Waals surface area contributed by atoms with Crippen molar-refractivity contribution in [2.75, 3.05) is 7.11 Å². The third-order valence-electron chi connectivity index (χ3n) is 1.82. The van der Waals surface area contributed by atoms with Gasteiger partial charge in [-0.3, -0.25) is 4.79 Å². The predicted molar refractivity (Wildman–Crippen MR) is 47.9 cm³/mol. The molecular weight excluding hydrogens is 152 g/mol. The smallest absolute Gasteiger partial charge is 0.165 e. The molecule has 1 atom stereocenters. The summed E-state index contributed by atoms with van der Waals surface area (Å²) < 4.78 is 5.07. The topological polar surface area (TPSA) is 26.3 Å². The summed E-state index contributed by atoms with van der Waals surface area (Å²) in [7, 11) is 1.62. The van der Waals surface area contributed by atoms with Crippen molar-refractivity contribution >= 4 is 5.78 Å². The fourth-order valence-electron chi connectivity index (χ4n) is 1.24. The van der Waals surface area contributed by atoms with Gasteiger partial charge >= 0.3 is 0 Å². The molecule has 12 heavy (non-hydrogen) atoms. The number of hydrogen-bond acceptors (Lipinski definition) is 2. The molecule has 2 nitrogen and oxygen atoms in total. The largest absolute Gasteiger partial charge is 0.377 e. The Morgan fingerprint density at radius 2 is 2.33 bits per heavy atom. The zero-order valence-corrected chi connectivity index (χ0v) is 7.76. The van der Waals surface area contributed by atoms with Crippen LogP contribution >= 0.6 is 0 Å². The molecule has 1 aliphatic carbocycles. The van der Waals surface area contributed by atoms with E-state index in [-0.39, 0.29) is 11.9 Å². The Hall–Kier alpha value is -0.890. The van der Waals surface area contributed by atoms with Crippen LogP contribution in [-0.4, -0.2) is 19.0 Å². The number of carbonyl (C=O) groups excluding carboxylic acids is 1. The lowest BCUT2D eigenvalue weighted by molar-refractivity contribution is -0.115. The molecule has 0 saturated heterocycles. The van der Waals surface area contributed by atoms with Gasteiger partial charge in [0, 0.05) is 19.1 Å². The molecular formula is C10H14O2. The minimum Gasteiger partial charge on any atom is -0.377 e. The molecule has 2 heteroatoms. The maximum Gasteiger partial charge on any atom is 0.165 e. The minimum absolute atomic E-state index is 0.0110. The highest BCUT2D eigenvalue weighted by Crippen LogP contribution is 2.18. The molecule has 0 aliphatic heterocycles. The highest BCUT2D eigenvalue weighted by atomic mass is 16.5. The molecule has 0 saturated carbocycles. The molecule has 0 fully saturated rings. The van der Waals surface area contributed by atoms with Gasteiger partial charge in [-0.15, -0.1) is 0 Å². The van der Waals surface area contributed by atoms with E-state index in [1.807, 2.05) is 26.0 Å². The summed E-state index contributed by atoms with van der Waals surface area (Å²) in [5.41, 5.74) is 1.94. The summed E-state index contributed by atoms with van der Waals surface area (Å²) in [6, 6.07) is 0. The van der Waals surface area contributed by atoms with Crippen LogP contribution in [0.1, 0.15) is 20.3 Å². The van der Waals surface area contributed by atoms with Gasteiger partial charge < -0.3 is 4.74 Å². The molecule has 0 radical (unpaired) electrons. The van der Waals surface area contributed by atoms with Gasteiger partial charge in [0.1, 0.15) is 0 Å². The van der Waals surface area contributed by atoms with E-state index in [1.165, 1.54) is 0 Å². The quantitative estimate of drug-likeness (QED) is 0.626. The lowest BCUT2D eigenvalue weighted by Crippen LogP contribution is -2.04. The lowest BCUT2D eigenvalue weighted by atomic mass is 10.1. The van der Waals surface area contributed by atoms with Crippen LogP contribution in [0.3, 0.4) is 0 Å². The Kier molecular flexibility index (Phi) is 2.82. The molecule has 0 amide bonds. The van der Waals surface area contributed by atoms with E-state index in [2.05, 4.69) is 0 Å². The molecule has 0 heterocycles. The number of allylic oxidation sites excluding steroid dienone is 3. The Balaban J connectivity index is 2.77. The van der Waals surface area contributed by atoms with Crippen LogP contribution < -0.4 is 0 Å². The van der Waals surface area contributed by atoms with Gasteiger partial charge in [0.25, 0.3) is 0 Å². The average molecular weight is 166 g/mol. The third-order valence-corrected chi connectivity index (χ3v) is 1.82. The Morgan fingerprint density at radius 3 is 2.75 bits per heavy atom. The number of ketones is 1. The number of hydrogen-bond donors (Lipinski definition) is 0. The van der Waals surface area contributed by atoms with E-state index in [0.29, 0.717) is 6.42 Å². The van der Waals surface area contributed by atoms with Crippen LogP contribution in [0.4, 0.5) is 0 Å². The Bertz CT molecular complexity index is 245. The Labute approximate surface area is 72.9 Å². The molecule has 0 spiro atoms. The summed E-state index contributed by atoms with van der Waals surface area (Å²) in [4.78, 5) is 11.3. The molecule has 0 bridgehead atoms. The van der Waals surface area contributed by atoms with Crippen LogP contribution in [0.2, 0.25) is 0 Å². The Morgan fingerprint density at radius 1 is 1.67 bits per heavy atom. The van der Waals surface area contributed by atoms with Crippen LogP contribution in [0.5, 0.6) is 0 Å². The highest BCUT2D eigenvalue weighted by molar-refractivity contribution is 6.01. The second-order valence-corrected chi connectivity index (χ2v) is 3.25. The minimum atomic E-state index is -0.0110. The lowest BCUT2D eigenvalue weighted by Gasteiger charge is -1.99. The molecule has 0 N–H and O–H groups in total. The summed E-state index contributed by atoms with van der Waals surface area (Å²) in [6.45, 7) is 3.96. The molecule has 0 aromatic rings. The maximum absolute atomic E-state index is 11.3. The fraction of sp³-hybridized carbons (Fsp3) is 0.500. The van der Waals surface area contributed by atoms with Crippen molar-refractivity contribution in [2.24, 2.45) is 0 Å². The fourth-order valence-corrected chi connectivity index (χ4v) is 1.24. The number of rotatable bonds is 2. The standard InChI is InChI=1S/C10H14O2/c1-7(2)4-8-5-9(12-3)6-10(8)11/h4-5,9H,6H2,1-3H3. The van der Waals surface area contributed by atoms with Crippen molar-refractivity contribution in [3.05, 3.63) is 23.3 Å². The van der Waals surface area contributed by atoms with Crippen molar-refractivity contribution < 1.29 is 9.53 Å². The summed E-state index contributed by atoms with van der Waals surface area (Å²) in [6.07, 6.45) is 4.27. The van der Waals surface area contributed by atoms with E-state index in [4.69, 9.17) is 4.74 Å². The van der Waals surface area contributed by atoms with E-state index in [9.17, 15) is 4.79 Å². The van der Waals surface area contributed by atoms with E-state index >= 15 is 0 Å². The molecule has 1 unspecified atom stereocenters. The normalized spacial score (nSPS) is 22.4. The van der Waals surface area contributed by atoms with Crippen LogP contribution in [0, 0.1) is 0 Å². The first kappa shape index (κ1) is 9.20. The molecule has 0 aromatic heterocycles. The molecule has 1 rings (SSSR count). The second kappa shape index (κ2) is 3.68. The van der Waals surface area contributed by atoms with Gasteiger partial charge in [-0.05, 0) is 19.9 Å². The van der Waals surface area contributed by atoms with E-state index < -0.39 is 0 Å². The van der Waals surface area contributed by atoms with Gasteiger partial charge in [0.2, 0.25) is 0 Å². The number of ether oxygens (including phenoxy) is 1. The van der Waals surface area contributed by atoms with Gasteiger partial charge in [0.15, 0.2) is 5.78 Å². The van der Waals surface area contributed by atoms with E-state index in [0.717, 1.165) is 11.1 Å².